The molecule has 0 fully saturated rings. The van der Waals surface area contributed by atoms with Gasteiger partial charge in [-0.05, 0) is 12.5 Å². The van der Waals surface area contributed by atoms with Crippen molar-refractivity contribution in [2.75, 3.05) is 12.5 Å². The summed E-state index contributed by atoms with van der Waals surface area (Å²) in [5, 5.41) is 11.5. The molecular weight excluding hydrogens is 292 g/mol. The Morgan fingerprint density at radius 2 is 2.00 bits per heavy atom. The summed E-state index contributed by atoms with van der Waals surface area (Å²) in [5.74, 6) is 0.0169. The third kappa shape index (κ3) is 7.61. The second-order valence-electron chi connectivity index (χ2n) is 2.73. The molecule has 0 N–H and O–H groups in total. The molecule has 1 nitrogen and oxygen atoms in total. The average Bonchev–Trinajstić information content (AvgIpc) is 2.75. The first-order valence-corrected chi connectivity index (χ1v) is 6.86. The van der Waals surface area contributed by atoms with Crippen molar-refractivity contribution < 1.29 is 22.2 Å². The fraction of sp³-hybridized carbons (Fsp3) is 0.154. The van der Waals surface area contributed by atoms with E-state index in [1.54, 1.807) is 41.8 Å². The quantitative estimate of drug-likeness (QED) is 0.345. The van der Waals surface area contributed by atoms with E-state index in [9.17, 15) is 5.11 Å². The molecule has 0 saturated carbocycles. The third-order valence-electron chi connectivity index (χ3n) is 1.71. The number of hydrogen-bond acceptors (Lipinski definition) is 3. The topological polar surface area (TPSA) is 23.1 Å². The molecule has 4 heteroatoms. The van der Waals surface area contributed by atoms with Crippen molar-refractivity contribution in [3.63, 3.8) is 0 Å². The normalized spacial score (nSPS) is 15.4. The summed E-state index contributed by atoms with van der Waals surface area (Å²) in [5.41, 5.74) is 0.937. The SMILES string of the molecule is CSC(=C/C([O-])=C/C=C1/[C-]=CC=C1)SC.[CH3-].[Fe+3]. The Kier molecular flexibility index (Phi) is 12.2. The second-order valence-corrected chi connectivity index (χ2v) is 4.69. The number of hydrogen-bond donors (Lipinski definition) is 0. The Hall–Kier alpha value is -0.281. The summed E-state index contributed by atoms with van der Waals surface area (Å²) in [6.45, 7) is 0. The van der Waals surface area contributed by atoms with E-state index in [1.165, 1.54) is 0 Å². The van der Waals surface area contributed by atoms with Crippen LogP contribution >= 0.6 is 23.5 Å². The number of rotatable bonds is 4. The molecule has 93 valence electrons. The minimum absolute atomic E-state index is 0. The molecule has 0 bridgehead atoms. The predicted octanol–water partition coefficient (Wildman–Crippen LogP) is 3.10. The largest absolute Gasteiger partial charge is 3.00 e. The van der Waals surface area contributed by atoms with Crippen LogP contribution in [0.2, 0.25) is 0 Å². The average molecular weight is 307 g/mol. The van der Waals surface area contributed by atoms with Crippen molar-refractivity contribution in [1.29, 1.82) is 0 Å². The van der Waals surface area contributed by atoms with Crippen LogP contribution in [0, 0.1) is 13.5 Å². The van der Waals surface area contributed by atoms with Crippen molar-refractivity contribution in [2.45, 2.75) is 0 Å². The minimum atomic E-state index is 0. The summed E-state index contributed by atoms with van der Waals surface area (Å²) in [4.78, 5) is 0. The zero-order valence-electron chi connectivity index (χ0n) is 10.0. The molecule has 17 heavy (non-hydrogen) atoms. The van der Waals surface area contributed by atoms with E-state index in [0.29, 0.717) is 0 Å². The van der Waals surface area contributed by atoms with E-state index in [-0.39, 0.29) is 30.3 Å². The summed E-state index contributed by atoms with van der Waals surface area (Å²) in [7, 11) is 0. The molecular formula is C13H15FeOS2. The fourth-order valence-electron chi connectivity index (χ4n) is 0.985. The molecule has 0 amide bonds. The Bertz CT molecular complexity index is 346. The van der Waals surface area contributed by atoms with Crippen LogP contribution in [0.25, 0.3) is 0 Å². The molecule has 0 heterocycles. The molecule has 0 aromatic heterocycles. The molecule has 0 atom stereocenters. The van der Waals surface area contributed by atoms with E-state index in [0.717, 1.165) is 9.81 Å². The van der Waals surface area contributed by atoms with Crippen molar-refractivity contribution in [2.24, 2.45) is 0 Å². The van der Waals surface area contributed by atoms with Crippen LogP contribution in [0.15, 0.2) is 52.0 Å². The monoisotopic (exact) mass is 307 g/mol. The molecule has 0 saturated heterocycles. The molecule has 0 aromatic rings. The molecule has 0 aromatic carbocycles. The summed E-state index contributed by atoms with van der Waals surface area (Å²) < 4.78 is 1.02. The molecule has 1 rings (SSSR count). The first kappa shape index (κ1) is 19.1. The zero-order chi connectivity index (χ0) is 11.1. The van der Waals surface area contributed by atoms with E-state index in [1.807, 2.05) is 30.7 Å². The van der Waals surface area contributed by atoms with Crippen molar-refractivity contribution >= 4 is 23.5 Å². The van der Waals surface area contributed by atoms with Gasteiger partial charge in [0.05, 0.1) is 0 Å². The molecule has 1 radical (unpaired) electrons. The fourth-order valence-corrected chi connectivity index (χ4v) is 2.12. The van der Waals surface area contributed by atoms with Gasteiger partial charge in [0.15, 0.2) is 0 Å². The minimum Gasteiger partial charge on any atom is -0.873 e. The first-order valence-electron chi connectivity index (χ1n) is 4.41. The van der Waals surface area contributed by atoms with Crippen molar-refractivity contribution in [3.8, 4) is 0 Å². The van der Waals surface area contributed by atoms with Gasteiger partial charge in [-0.3, -0.25) is 0 Å². The number of allylic oxidation sites excluding steroid dienone is 8. The van der Waals surface area contributed by atoms with Crippen LogP contribution in [0.3, 0.4) is 0 Å². The molecule has 0 aliphatic heterocycles. The van der Waals surface area contributed by atoms with Gasteiger partial charge in [0.2, 0.25) is 0 Å². The smallest absolute Gasteiger partial charge is 0.873 e. The van der Waals surface area contributed by atoms with Gasteiger partial charge in [0.25, 0.3) is 0 Å². The van der Waals surface area contributed by atoms with Gasteiger partial charge in [-0.15, -0.1) is 47.5 Å². The first-order chi connectivity index (χ1) is 7.26. The van der Waals surface area contributed by atoms with Gasteiger partial charge < -0.3 is 12.5 Å². The Morgan fingerprint density at radius 3 is 2.47 bits per heavy atom. The molecule has 0 unspecified atom stereocenters. The maximum Gasteiger partial charge on any atom is 3.00 e. The van der Waals surface area contributed by atoms with Gasteiger partial charge in [-0.2, -0.15) is 23.8 Å². The van der Waals surface area contributed by atoms with E-state index >= 15 is 0 Å². The summed E-state index contributed by atoms with van der Waals surface area (Å²) in [6, 6.07) is 0. The van der Waals surface area contributed by atoms with E-state index < -0.39 is 0 Å². The van der Waals surface area contributed by atoms with Crippen LogP contribution in [-0.2, 0) is 17.1 Å². The standard InChI is InChI=1S/C12H13OS2.CH3.Fe/c1-14-12(15-2)9-11(13)8-7-10-5-3-4-6-10;;/h3-5,7-9,13H,1-2H3;1H3;/q2*-1;+3/p-1/b10-7+,11-8-;;. The van der Waals surface area contributed by atoms with E-state index in [4.69, 9.17) is 0 Å². The third-order valence-corrected chi connectivity index (χ3v) is 3.75. The van der Waals surface area contributed by atoms with E-state index in [2.05, 4.69) is 6.08 Å². The molecule has 0 spiro atoms. The number of thioether (sulfide) groups is 2. The van der Waals surface area contributed by atoms with Gasteiger partial charge in [-0.25, -0.2) is 0 Å². The maximum absolute atomic E-state index is 11.5. The van der Waals surface area contributed by atoms with Gasteiger partial charge >= 0.3 is 17.1 Å². The van der Waals surface area contributed by atoms with Gasteiger partial charge in [0, 0.05) is 4.24 Å². The van der Waals surface area contributed by atoms with Gasteiger partial charge in [0.1, 0.15) is 0 Å². The van der Waals surface area contributed by atoms with Crippen LogP contribution in [-0.4, -0.2) is 12.5 Å². The van der Waals surface area contributed by atoms with Crippen molar-refractivity contribution in [3.05, 3.63) is 65.5 Å². The van der Waals surface area contributed by atoms with Crippen LogP contribution in [0.5, 0.6) is 0 Å². The van der Waals surface area contributed by atoms with Crippen molar-refractivity contribution in [1.82, 2.24) is 0 Å². The van der Waals surface area contributed by atoms with Gasteiger partial charge in [-0.1, -0.05) is 6.08 Å². The Labute approximate surface area is 123 Å². The predicted molar refractivity (Wildman–Crippen MR) is 74.6 cm³/mol. The van der Waals surface area contributed by atoms with Crippen LogP contribution in [0.1, 0.15) is 0 Å². The maximum atomic E-state index is 11.5. The Balaban J connectivity index is 0. The van der Waals surface area contributed by atoms with Crippen LogP contribution in [0.4, 0.5) is 0 Å². The summed E-state index contributed by atoms with van der Waals surface area (Å²) >= 11 is 3.17. The molecule has 1 aliphatic rings. The second kappa shape index (κ2) is 10.8. The zero-order valence-corrected chi connectivity index (χ0v) is 12.8. The Morgan fingerprint density at radius 1 is 1.35 bits per heavy atom. The summed E-state index contributed by atoms with van der Waals surface area (Å²) in [6.07, 6.45) is 17.6. The molecule has 1 aliphatic carbocycles. The van der Waals surface area contributed by atoms with Crippen LogP contribution < -0.4 is 5.11 Å².